The zero-order chi connectivity index (χ0) is 16.8. The van der Waals surface area contributed by atoms with Gasteiger partial charge < -0.3 is 5.32 Å². The van der Waals surface area contributed by atoms with E-state index in [-0.39, 0.29) is 13.1 Å². The molecule has 0 saturated carbocycles. The molecule has 132 valence electrons. The molecule has 0 bridgehead atoms. The van der Waals surface area contributed by atoms with Crippen molar-refractivity contribution >= 4 is 5.69 Å². The van der Waals surface area contributed by atoms with Crippen LogP contribution in [-0.4, -0.2) is 27.8 Å². The van der Waals surface area contributed by atoms with Gasteiger partial charge in [-0.1, -0.05) is 21.3 Å². The number of halogens is 1. The fourth-order valence-electron chi connectivity index (χ4n) is 2.60. The summed E-state index contributed by atoms with van der Waals surface area (Å²) < 4.78 is 15.9. The Morgan fingerprint density at radius 3 is 2.58 bits per heavy atom. The average Bonchev–Trinajstić information content (AvgIpc) is 3.07. The van der Waals surface area contributed by atoms with Crippen LogP contribution in [-0.2, 0) is 0 Å². The van der Waals surface area contributed by atoms with E-state index in [2.05, 4.69) is 10.4 Å². The summed E-state index contributed by atoms with van der Waals surface area (Å²) in [6, 6.07) is 4.00. The van der Waals surface area contributed by atoms with Gasteiger partial charge in [-0.2, -0.15) is 5.10 Å². The second-order valence-corrected chi connectivity index (χ2v) is 5.11. The minimum Gasteiger partial charge on any atom is -0.317 e. The first-order valence-corrected chi connectivity index (χ1v) is 7.84. The highest BCUT2D eigenvalue weighted by atomic mass is 19.1. The lowest BCUT2D eigenvalue weighted by Gasteiger charge is -2.22. The Balaban J connectivity index is 0.000000925. The minimum absolute atomic E-state index is 0. The van der Waals surface area contributed by atoms with E-state index >= 15 is 0 Å². The van der Waals surface area contributed by atoms with E-state index in [1.54, 1.807) is 12.4 Å². The zero-order valence-corrected chi connectivity index (χ0v) is 13.3. The van der Waals surface area contributed by atoms with Crippen LogP contribution in [0.25, 0.3) is 11.1 Å². The number of rotatable bonds is 3. The lowest BCUT2D eigenvalue weighted by Crippen LogP contribution is -2.29. The molecule has 3 rings (SSSR count). The molecule has 24 heavy (non-hydrogen) atoms. The van der Waals surface area contributed by atoms with Gasteiger partial charge in [0.25, 0.3) is 5.69 Å². The van der Waals surface area contributed by atoms with Crippen LogP contribution in [0.4, 0.5) is 10.1 Å². The fourth-order valence-corrected chi connectivity index (χ4v) is 2.60. The van der Waals surface area contributed by atoms with Crippen molar-refractivity contribution in [3.63, 3.8) is 0 Å². The summed E-state index contributed by atoms with van der Waals surface area (Å²) >= 11 is 0. The van der Waals surface area contributed by atoms with E-state index in [1.807, 2.05) is 18.5 Å². The molecular formula is C17H25FN4O2. The van der Waals surface area contributed by atoms with E-state index in [0.717, 1.165) is 32.0 Å². The van der Waals surface area contributed by atoms with Crippen LogP contribution in [0.1, 0.15) is 40.2 Å². The summed E-state index contributed by atoms with van der Waals surface area (Å²) in [6.45, 7) is 5.90. The second kappa shape index (κ2) is 9.12. The van der Waals surface area contributed by atoms with Gasteiger partial charge in [0.15, 0.2) is 0 Å². The number of nitrogens with one attached hydrogen (secondary N) is 1. The molecule has 2 aromatic rings. The third-order valence-corrected chi connectivity index (χ3v) is 3.76. The number of aromatic nitrogens is 2. The van der Waals surface area contributed by atoms with Crippen molar-refractivity contribution in [2.24, 2.45) is 0 Å². The van der Waals surface area contributed by atoms with Gasteiger partial charge in [-0.05, 0) is 32.0 Å². The first-order chi connectivity index (χ1) is 11.1. The first-order valence-electron chi connectivity index (χ1n) is 7.84. The summed E-state index contributed by atoms with van der Waals surface area (Å²) in [7, 11) is 0. The number of nitro groups is 1. The number of hydrogen-bond acceptors (Lipinski definition) is 4. The van der Waals surface area contributed by atoms with Gasteiger partial charge in [0.2, 0.25) is 0 Å². The highest BCUT2D eigenvalue weighted by Crippen LogP contribution is 2.27. The maximum absolute atomic E-state index is 14.0. The summed E-state index contributed by atoms with van der Waals surface area (Å²) in [6.07, 6.45) is 5.39. The highest BCUT2D eigenvalue weighted by molar-refractivity contribution is 5.64. The predicted octanol–water partition coefficient (Wildman–Crippen LogP) is 4.18. The molecule has 0 atom stereocenters. The molecule has 0 spiro atoms. The van der Waals surface area contributed by atoms with Crippen molar-refractivity contribution in [3.8, 4) is 11.1 Å². The summed E-state index contributed by atoms with van der Waals surface area (Å²) in [5.41, 5.74) is 0.726. The quantitative estimate of drug-likeness (QED) is 0.674. The number of hydrogen-bond donors (Lipinski definition) is 1. The van der Waals surface area contributed by atoms with Gasteiger partial charge in [-0.3, -0.25) is 14.8 Å². The molecule has 6 nitrogen and oxygen atoms in total. The van der Waals surface area contributed by atoms with Gasteiger partial charge >= 0.3 is 0 Å². The van der Waals surface area contributed by atoms with Crippen LogP contribution in [0.3, 0.4) is 0 Å². The average molecular weight is 336 g/mol. The number of non-ortho nitro benzene ring substituents is 1. The fraction of sp³-hybridized carbons (Fsp3) is 0.471. The molecule has 1 aliphatic heterocycles. The van der Waals surface area contributed by atoms with Gasteiger partial charge in [-0.25, -0.2) is 4.39 Å². The maximum Gasteiger partial charge on any atom is 0.272 e. The Bertz CT molecular complexity index is 666. The Hall–Kier alpha value is -2.28. The normalized spacial score (nSPS) is 14.3. The molecule has 1 aromatic carbocycles. The molecule has 0 unspecified atom stereocenters. The van der Waals surface area contributed by atoms with E-state index in [9.17, 15) is 14.5 Å². The van der Waals surface area contributed by atoms with E-state index in [0.29, 0.717) is 17.2 Å². The molecule has 7 heteroatoms. The van der Waals surface area contributed by atoms with Crippen LogP contribution in [0.5, 0.6) is 0 Å². The third kappa shape index (κ3) is 4.38. The highest BCUT2D eigenvalue weighted by Gasteiger charge is 2.18. The van der Waals surface area contributed by atoms with E-state index in [1.165, 1.54) is 12.1 Å². The Morgan fingerprint density at radius 2 is 2.00 bits per heavy atom. The molecule has 1 saturated heterocycles. The van der Waals surface area contributed by atoms with Crippen LogP contribution in [0.2, 0.25) is 0 Å². The molecule has 1 aromatic heterocycles. The SMILES string of the molecule is C.CC.O=[N+]([O-])c1ccc(-c2cnn(C3CCNCC3)c2)c(F)c1. The largest absolute Gasteiger partial charge is 0.317 e. The van der Waals surface area contributed by atoms with Gasteiger partial charge in [0.05, 0.1) is 23.2 Å². The smallest absolute Gasteiger partial charge is 0.272 e. The van der Waals surface area contributed by atoms with Gasteiger partial charge in [-0.15, -0.1) is 0 Å². The molecule has 0 radical (unpaired) electrons. The first kappa shape index (κ1) is 19.8. The number of nitrogens with zero attached hydrogens (tertiary/aromatic N) is 3. The standard InChI is InChI=1S/C14H15FN4O2.C2H6.CH4/c15-14-7-12(19(20)21)1-2-13(14)10-8-17-18(9-10)11-3-5-16-6-4-11;1-2;/h1-2,7-9,11,16H,3-6H2;1-2H3;1H4. The van der Waals surface area contributed by atoms with Crippen LogP contribution in [0.15, 0.2) is 30.6 Å². The van der Waals surface area contributed by atoms with Gasteiger partial charge in [0, 0.05) is 23.4 Å². The Kier molecular flexibility index (Phi) is 7.51. The third-order valence-electron chi connectivity index (χ3n) is 3.76. The minimum atomic E-state index is -0.606. The topological polar surface area (TPSA) is 73.0 Å². The second-order valence-electron chi connectivity index (χ2n) is 5.11. The number of benzene rings is 1. The van der Waals surface area contributed by atoms with Crippen molar-refractivity contribution in [2.75, 3.05) is 13.1 Å². The van der Waals surface area contributed by atoms with Crippen LogP contribution in [0, 0.1) is 15.9 Å². The number of nitro benzene ring substituents is 1. The zero-order valence-electron chi connectivity index (χ0n) is 13.3. The van der Waals surface area contributed by atoms with Crippen LogP contribution >= 0.6 is 0 Å². The molecule has 0 amide bonds. The van der Waals surface area contributed by atoms with Crippen LogP contribution < -0.4 is 5.32 Å². The summed E-state index contributed by atoms with van der Waals surface area (Å²) in [5.74, 6) is -0.603. The molecule has 0 aliphatic carbocycles. The molecule has 1 N–H and O–H groups in total. The van der Waals surface area contributed by atoms with E-state index in [4.69, 9.17) is 0 Å². The lowest BCUT2D eigenvalue weighted by molar-refractivity contribution is -0.385. The van der Waals surface area contributed by atoms with Crippen molar-refractivity contribution in [1.82, 2.24) is 15.1 Å². The Morgan fingerprint density at radius 1 is 1.33 bits per heavy atom. The van der Waals surface area contributed by atoms with Gasteiger partial charge in [0.1, 0.15) is 5.82 Å². The molecule has 1 aliphatic rings. The van der Waals surface area contributed by atoms with E-state index < -0.39 is 10.7 Å². The van der Waals surface area contributed by atoms with Crippen molar-refractivity contribution in [3.05, 3.63) is 46.5 Å². The molecule has 1 fully saturated rings. The monoisotopic (exact) mass is 336 g/mol. The maximum atomic E-state index is 14.0. The summed E-state index contributed by atoms with van der Waals surface area (Å²) in [5, 5.41) is 18.2. The van der Waals surface area contributed by atoms with Crippen molar-refractivity contribution in [1.29, 1.82) is 0 Å². The lowest BCUT2D eigenvalue weighted by atomic mass is 10.1. The molecular weight excluding hydrogens is 311 g/mol. The van der Waals surface area contributed by atoms with Crippen molar-refractivity contribution in [2.45, 2.75) is 40.2 Å². The Labute approximate surface area is 141 Å². The predicted molar refractivity (Wildman–Crippen MR) is 93.5 cm³/mol. The molecule has 2 heterocycles. The number of piperidine rings is 1. The van der Waals surface area contributed by atoms with Crippen molar-refractivity contribution < 1.29 is 9.31 Å². The summed E-state index contributed by atoms with van der Waals surface area (Å²) in [4.78, 5) is 10.0.